The van der Waals surface area contributed by atoms with Crippen molar-refractivity contribution in [1.82, 2.24) is 0 Å². The zero-order chi connectivity index (χ0) is 19.0. The van der Waals surface area contributed by atoms with Gasteiger partial charge in [-0.15, -0.1) is 0 Å². The number of rotatable bonds is 5. The number of phenols is 1. The Balaban J connectivity index is 2.01. The first kappa shape index (κ1) is 18.0. The van der Waals surface area contributed by atoms with E-state index in [-0.39, 0.29) is 27.6 Å². The van der Waals surface area contributed by atoms with Gasteiger partial charge in [-0.1, -0.05) is 23.7 Å². The molecule has 0 aliphatic heterocycles. The molecule has 3 aromatic carbocycles. The van der Waals surface area contributed by atoms with Crippen molar-refractivity contribution < 1.29 is 9.90 Å². The quantitative estimate of drug-likeness (QED) is 0.360. The van der Waals surface area contributed by atoms with Gasteiger partial charge in [-0.3, -0.25) is 14.4 Å². The summed E-state index contributed by atoms with van der Waals surface area (Å²) in [5, 5.41) is 15.7. The minimum Gasteiger partial charge on any atom is -0.505 e. The van der Waals surface area contributed by atoms with Crippen LogP contribution in [0.3, 0.4) is 0 Å². The van der Waals surface area contributed by atoms with Crippen molar-refractivity contribution in [2.75, 3.05) is 10.6 Å². The van der Waals surface area contributed by atoms with Crippen LogP contribution in [0.25, 0.3) is 0 Å². The second-order valence-electron chi connectivity index (χ2n) is 5.32. The lowest BCUT2D eigenvalue weighted by Crippen LogP contribution is -2.36. The summed E-state index contributed by atoms with van der Waals surface area (Å²) >= 11 is 9.36. The monoisotopic (exact) mass is 435 g/mol. The number of hydrogen-bond donors (Lipinski definition) is 4. The molecule has 0 spiro atoms. The minimum absolute atomic E-state index is 0.0156. The Morgan fingerprint density at radius 2 is 1.62 bits per heavy atom. The predicted octanol–water partition coefficient (Wildman–Crippen LogP) is 2.99. The summed E-state index contributed by atoms with van der Waals surface area (Å²) in [5.74, 6) is -1.37. The van der Waals surface area contributed by atoms with Crippen LogP contribution in [-0.2, 0) is 0 Å². The molecule has 0 saturated heterocycles. The molecule has 0 heterocycles. The molecule has 0 aliphatic rings. The van der Waals surface area contributed by atoms with Crippen molar-refractivity contribution in [3.05, 3.63) is 71.9 Å². The SMILES string of the molecule is NC(=O)c1ccc(Cl)c(Nc2c(Nc3ccccc3Br)c(=O)c2=O)c1O. The van der Waals surface area contributed by atoms with E-state index in [1.54, 1.807) is 24.3 Å². The number of amides is 1. The van der Waals surface area contributed by atoms with Gasteiger partial charge in [-0.25, -0.2) is 0 Å². The van der Waals surface area contributed by atoms with Crippen LogP contribution in [-0.4, -0.2) is 11.0 Å². The first-order chi connectivity index (χ1) is 12.3. The number of anilines is 4. The van der Waals surface area contributed by atoms with E-state index in [0.717, 1.165) is 0 Å². The number of primary amides is 1. The van der Waals surface area contributed by atoms with Crippen molar-refractivity contribution in [3.63, 3.8) is 0 Å². The third-order valence-corrected chi connectivity index (χ3v) is 4.69. The number of halogens is 2. The molecule has 0 radical (unpaired) electrons. The molecule has 9 heteroatoms. The van der Waals surface area contributed by atoms with Gasteiger partial charge < -0.3 is 21.5 Å². The lowest BCUT2D eigenvalue weighted by molar-refractivity contribution is 0.0998. The van der Waals surface area contributed by atoms with Crippen molar-refractivity contribution in [3.8, 4) is 5.75 Å². The largest absolute Gasteiger partial charge is 0.505 e. The van der Waals surface area contributed by atoms with Gasteiger partial charge in [-0.2, -0.15) is 0 Å². The highest BCUT2D eigenvalue weighted by atomic mass is 79.9. The molecular weight excluding hydrogens is 426 g/mol. The predicted molar refractivity (Wildman–Crippen MR) is 104 cm³/mol. The van der Waals surface area contributed by atoms with E-state index in [4.69, 9.17) is 17.3 Å². The summed E-state index contributed by atoms with van der Waals surface area (Å²) in [5.41, 5.74) is 3.94. The lowest BCUT2D eigenvalue weighted by Gasteiger charge is -2.17. The molecule has 1 amide bonds. The van der Waals surface area contributed by atoms with Crippen molar-refractivity contribution in [2.24, 2.45) is 5.73 Å². The summed E-state index contributed by atoms with van der Waals surface area (Å²) in [6.45, 7) is 0. The fourth-order valence-electron chi connectivity index (χ4n) is 2.34. The second kappa shape index (κ2) is 6.81. The van der Waals surface area contributed by atoms with Crippen LogP contribution in [0, 0.1) is 0 Å². The molecule has 0 bridgehead atoms. The van der Waals surface area contributed by atoms with Crippen LogP contribution in [0.5, 0.6) is 5.75 Å². The van der Waals surface area contributed by atoms with E-state index in [1.807, 2.05) is 0 Å². The summed E-state index contributed by atoms with van der Waals surface area (Å²) in [4.78, 5) is 35.2. The second-order valence-corrected chi connectivity index (χ2v) is 6.58. The number of nitrogens with one attached hydrogen (secondary N) is 2. The standard InChI is InChI=1S/C17H11BrClN3O4/c18-8-3-1-2-4-10(8)21-12-13(16(25)15(12)24)22-11-9(19)6-5-7(14(11)23)17(20)26/h1-6,21-23H,(H2,20,26). The van der Waals surface area contributed by atoms with Crippen LogP contribution >= 0.6 is 27.5 Å². The Hall–Kier alpha value is -2.84. The van der Waals surface area contributed by atoms with E-state index in [0.29, 0.717) is 10.2 Å². The average Bonchev–Trinajstić information content (AvgIpc) is 2.61. The van der Waals surface area contributed by atoms with Gasteiger partial charge in [0.1, 0.15) is 17.1 Å². The maximum Gasteiger partial charge on any atom is 0.253 e. The van der Waals surface area contributed by atoms with Gasteiger partial charge in [0, 0.05) is 4.47 Å². The maximum atomic E-state index is 12.0. The number of carbonyl (C=O) groups is 1. The van der Waals surface area contributed by atoms with Gasteiger partial charge in [-0.05, 0) is 40.2 Å². The number of carbonyl (C=O) groups excluding carboxylic acids is 1. The van der Waals surface area contributed by atoms with Gasteiger partial charge in [0.2, 0.25) is 0 Å². The van der Waals surface area contributed by atoms with Crippen LogP contribution in [0.1, 0.15) is 10.4 Å². The van der Waals surface area contributed by atoms with Crippen molar-refractivity contribution in [2.45, 2.75) is 0 Å². The number of aromatic hydroxyl groups is 1. The molecule has 0 fully saturated rings. The van der Waals surface area contributed by atoms with Crippen molar-refractivity contribution in [1.29, 1.82) is 0 Å². The number of nitrogens with two attached hydrogens (primary N) is 1. The average molecular weight is 437 g/mol. The summed E-state index contributed by atoms with van der Waals surface area (Å²) in [6.07, 6.45) is 0. The molecule has 0 aliphatic carbocycles. The molecule has 3 rings (SSSR count). The Morgan fingerprint density at radius 1 is 1.00 bits per heavy atom. The summed E-state index contributed by atoms with van der Waals surface area (Å²) in [7, 11) is 0. The topological polar surface area (TPSA) is 122 Å². The fraction of sp³-hybridized carbons (Fsp3) is 0. The van der Waals surface area contributed by atoms with Gasteiger partial charge >= 0.3 is 0 Å². The van der Waals surface area contributed by atoms with E-state index >= 15 is 0 Å². The van der Waals surface area contributed by atoms with Crippen LogP contribution in [0.15, 0.2) is 50.5 Å². The van der Waals surface area contributed by atoms with Crippen LogP contribution in [0.2, 0.25) is 5.02 Å². The highest BCUT2D eigenvalue weighted by molar-refractivity contribution is 9.10. The zero-order valence-corrected chi connectivity index (χ0v) is 15.3. The minimum atomic E-state index is -0.862. The molecule has 5 N–H and O–H groups in total. The van der Waals surface area contributed by atoms with Crippen molar-refractivity contribution >= 4 is 56.2 Å². The molecule has 0 atom stereocenters. The molecular formula is C17H11BrClN3O4. The van der Waals surface area contributed by atoms with E-state index in [2.05, 4.69) is 26.6 Å². The first-order valence-electron chi connectivity index (χ1n) is 7.24. The van der Waals surface area contributed by atoms with Gasteiger partial charge in [0.25, 0.3) is 16.8 Å². The molecule has 0 saturated carbocycles. The van der Waals surface area contributed by atoms with Gasteiger partial charge in [0.15, 0.2) is 5.75 Å². The lowest BCUT2D eigenvalue weighted by atomic mass is 10.1. The number of para-hydroxylation sites is 1. The normalized spacial score (nSPS) is 10.7. The summed E-state index contributed by atoms with van der Waals surface area (Å²) in [6, 6.07) is 9.63. The Bertz CT molecular complexity index is 1110. The maximum absolute atomic E-state index is 12.0. The molecule has 0 aromatic heterocycles. The molecule has 26 heavy (non-hydrogen) atoms. The van der Waals surface area contributed by atoms with E-state index < -0.39 is 22.5 Å². The molecule has 132 valence electrons. The third-order valence-electron chi connectivity index (χ3n) is 3.69. The smallest absolute Gasteiger partial charge is 0.253 e. The highest BCUT2D eigenvalue weighted by Gasteiger charge is 2.24. The van der Waals surface area contributed by atoms with Gasteiger partial charge in [0.05, 0.1) is 16.3 Å². The van der Waals surface area contributed by atoms with Crippen LogP contribution in [0.4, 0.5) is 22.7 Å². The molecule has 0 unspecified atom stereocenters. The highest BCUT2D eigenvalue weighted by Crippen LogP contribution is 2.38. The van der Waals surface area contributed by atoms with E-state index in [9.17, 15) is 19.5 Å². The fourth-order valence-corrected chi connectivity index (χ4v) is 2.92. The Labute approximate surface area is 160 Å². The third kappa shape index (κ3) is 3.04. The Kier molecular flexibility index (Phi) is 4.71. The first-order valence-corrected chi connectivity index (χ1v) is 8.41. The molecule has 7 nitrogen and oxygen atoms in total. The molecule has 3 aromatic rings. The van der Waals surface area contributed by atoms with Crippen LogP contribution < -0.4 is 27.2 Å². The number of benzene rings is 2. The number of hydrogen-bond acceptors (Lipinski definition) is 6. The zero-order valence-electron chi connectivity index (χ0n) is 13.0. The van der Waals surface area contributed by atoms with E-state index in [1.165, 1.54) is 12.1 Å². The summed E-state index contributed by atoms with van der Waals surface area (Å²) < 4.78 is 0.690. The Morgan fingerprint density at radius 3 is 2.23 bits per heavy atom.